The summed E-state index contributed by atoms with van der Waals surface area (Å²) in [5.74, 6) is 1.95. The molecule has 5 heteroatoms. The molecule has 1 fully saturated rings. The third-order valence-corrected chi connectivity index (χ3v) is 6.02. The molecular formula is C23H39N3O2. The summed E-state index contributed by atoms with van der Waals surface area (Å²) in [7, 11) is 8.29. The van der Waals surface area contributed by atoms with Gasteiger partial charge in [0, 0.05) is 44.7 Å². The quantitative estimate of drug-likeness (QED) is 0.770. The lowest BCUT2D eigenvalue weighted by Gasteiger charge is -2.39. The van der Waals surface area contributed by atoms with Gasteiger partial charge in [-0.15, -0.1) is 0 Å². The first kappa shape index (κ1) is 21.4. The average molecular weight is 390 g/mol. The van der Waals surface area contributed by atoms with E-state index in [-0.39, 0.29) is 11.0 Å². The van der Waals surface area contributed by atoms with Crippen LogP contribution in [0, 0.1) is 5.41 Å². The van der Waals surface area contributed by atoms with Gasteiger partial charge in [-0.1, -0.05) is 13.8 Å². The second kappa shape index (κ2) is 8.60. The minimum Gasteiger partial charge on any atom is -0.497 e. The zero-order chi connectivity index (χ0) is 20.4. The molecule has 0 saturated carbocycles. The molecule has 28 heavy (non-hydrogen) atoms. The summed E-state index contributed by atoms with van der Waals surface area (Å²) >= 11 is 0. The van der Waals surface area contributed by atoms with Crippen LogP contribution in [0.1, 0.15) is 38.7 Å². The van der Waals surface area contributed by atoms with Gasteiger partial charge in [0.25, 0.3) is 0 Å². The highest BCUT2D eigenvalue weighted by atomic mass is 16.5. The van der Waals surface area contributed by atoms with Crippen molar-refractivity contribution in [2.75, 3.05) is 61.0 Å². The number of nitrogens with zero attached hydrogens (tertiary/aromatic N) is 3. The van der Waals surface area contributed by atoms with Crippen LogP contribution in [0.3, 0.4) is 0 Å². The van der Waals surface area contributed by atoms with Gasteiger partial charge < -0.3 is 19.3 Å². The zero-order valence-corrected chi connectivity index (χ0v) is 18.8. The van der Waals surface area contributed by atoms with Crippen LogP contribution in [-0.4, -0.2) is 81.3 Å². The lowest BCUT2D eigenvalue weighted by molar-refractivity contribution is 0.0121. The number of hydrogen-bond acceptors (Lipinski definition) is 5. The number of benzene rings is 1. The number of ether oxygens (including phenoxy) is 2. The van der Waals surface area contributed by atoms with Gasteiger partial charge in [-0.05, 0) is 64.1 Å². The molecular weight excluding hydrogens is 350 g/mol. The predicted molar refractivity (Wildman–Crippen MR) is 115 cm³/mol. The summed E-state index contributed by atoms with van der Waals surface area (Å²) in [5, 5.41) is 0. The molecule has 2 aliphatic rings. The fourth-order valence-electron chi connectivity index (χ4n) is 5.06. The van der Waals surface area contributed by atoms with Gasteiger partial charge in [-0.25, -0.2) is 0 Å². The Morgan fingerprint density at radius 2 is 2.00 bits per heavy atom. The van der Waals surface area contributed by atoms with E-state index >= 15 is 0 Å². The van der Waals surface area contributed by atoms with Gasteiger partial charge in [-0.3, -0.25) is 4.90 Å². The van der Waals surface area contributed by atoms with E-state index in [4.69, 9.17) is 9.47 Å². The van der Waals surface area contributed by atoms with Gasteiger partial charge in [0.05, 0.1) is 7.11 Å². The minimum atomic E-state index is -0.0984. The molecule has 158 valence electrons. The molecule has 1 aromatic rings. The van der Waals surface area contributed by atoms with Gasteiger partial charge >= 0.3 is 0 Å². The van der Waals surface area contributed by atoms with Crippen molar-refractivity contribution in [3.63, 3.8) is 0 Å². The SMILES string of the molecule is COc1ccc2c(c1)CN(CC(C)(C)CN(C)C)CC1(CCCN(C)CC1)O2. The average Bonchev–Trinajstić information content (AvgIpc) is 2.85. The Balaban J connectivity index is 1.90. The Bertz CT molecular complexity index is 661. The van der Waals surface area contributed by atoms with E-state index in [1.54, 1.807) is 7.11 Å². The van der Waals surface area contributed by atoms with Crippen LogP contribution in [0.5, 0.6) is 11.5 Å². The van der Waals surface area contributed by atoms with Crippen molar-refractivity contribution in [2.24, 2.45) is 5.41 Å². The smallest absolute Gasteiger partial charge is 0.124 e. The van der Waals surface area contributed by atoms with Crippen molar-refractivity contribution < 1.29 is 9.47 Å². The molecule has 1 atom stereocenters. The third kappa shape index (κ3) is 5.40. The van der Waals surface area contributed by atoms with Crippen LogP contribution < -0.4 is 9.47 Å². The van der Waals surface area contributed by atoms with Crippen molar-refractivity contribution >= 4 is 0 Å². The molecule has 0 N–H and O–H groups in total. The fourth-order valence-corrected chi connectivity index (χ4v) is 5.06. The van der Waals surface area contributed by atoms with E-state index in [0.29, 0.717) is 0 Å². The van der Waals surface area contributed by atoms with Gasteiger partial charge in [0.1, 0.15) is 17.1 Å². The Labute approximate surface area is 171 Å². The number of rotatable bonds is 5. The number of likely N-dealkylation sites (tertiary alicyclic amines) is 1. The molecule has 0 radical (unpaired) electrons. The van der Waals surface area contributed by atoms with Crippen molar-refractivity contribution in [3.05, 3.63) is 23.8 Å². The van der Waals surface area contributed by atoms with Crippen LogP contribution in [0.2, 0.25) is 0 Å². The van der Waals surface area contributed by atoms with E-state index in [1.807, 2.05) is 6.07 Å². The molecule has 0 amide bonds. The Hall–Kier alpha value is -1.30. The van der Waals surface area contributed by atoms with E-state index in [9.17, 15) is 0 Å². The summed E-state index contributed by atoms with van der Waals surface area (Å²) in [6, 6.07) is 6.29. The first-order valence-electron chi connectivity index (χ1n) is 10.6. The standard InChI is InChI=1S/C23H39N3O2/c1-22(2,16-24(3)4)17-26-15-19-14-20(27-6)8-9-21(19)28-23(18-26)10-7-12-25(5)13-11-23/h8-9,14H,7,10-13,15-18H2,1-6H3. The van der Waals surface area contributed by atoms with Crippen LogP contribution in [0.4, 0.5) is 0 Å². The summed E-state index contributed by atoms with van der Waals surface area (Å²) in [6.45, 7) is 11.0. The van der Waals surface area contributed by atoms with E-state index < -0.39 is 0 Å². The Morgan fingerprint density at radius 1 is 1.21 bits per heavy atom. The maximum atomic E-state index is 6.80. The molecule has 2 aliphatic heterocycles. The lowest BCUT2D eigenvalue weighted by atomic mass is 9.89. The van der Waals surface area contributed by atoms with E-state index in [1.165, 1.54) is 12.0 Å². The first-order chi connectivity index (χ1) is 13.2. The van der Waals surface area contributed by atoms with Gasteiger partial charge in [0.2, 0.25) is 0 Å². The molecule has 3 rings (SSSR count). The van der Waals surface area contributed by atoms with Crippen molar-refractivity contribution in [1.82, 2.24) is 14.7 Å². The summed E-state index contributed by atoms with van der Waals surface area (Å²) in [5.41, 5.74) is 1.36. The summed E-state index contributed by atoms with van der Waals surface area (Å²) in [6.07, 6.45) is 3.39. The predicted octanol–water partition coefficient (Wildman–Crippen LogP) is 3.33. The van der Waals surface area contributed by atoms with Crippen LogP contribution in [-0.2, 0) is 6.54 Å². The van der Waals surface area contributed by atoms with Gasteiger partial charge in [0.15, 0.2) is 0 Å². The largest absolute Gasteiger partial charge is 0.497 e. The number of hydrogen-bond donors (Lipinski definition) is 0. The molecule has 5 nitrogen and oxygen atoms in total. The van der Waals surface area contributed by atoms with Crippen LogP contribution >= 0.6 is 0 Å². The highest BCUT2D eigenvalue weighted by molar-refractivity contribution is 5.41. The molecule has 0 aliphatic carbocycles. The normalized spacial score (nSPS) is 24.5. The maximum Gasteiger partial charge on any atom is 0.124 e. The fraction of sp³-hybridized carbons (Fsp3) is 0.739. The summed E-state index contributed by atoms with van der Waals surface area (Å²) in [4.78, 5) is 7.36. The molecule has 1 aromatic carbocycles. The summed E-state index contributed by atoms with van der Waals surface area (Å²) < 4.78 is 12.3. The zero-order valence-electron chi connectivity index (χ0n) is 18.8. The van der Waals surface area contributed by atoms with E-state index in [0.717, 1.165) is 63.6 Å². The molecule has 0 aromatic heterocycles. The topological polar surface area (TPSA) is 28.2 Å². The maximum absolute atomic E-state index is 6.80. The first-order valence-corrected chi connectivity index (χ1v) is 10.6. The Morgan fingerprint density at radius 3 is 2.71 bits per heavy atom. The second-order valence-electron chi connectivity index (χ2n) is 9.96. The lowest BCUT2D eigenvalue weighted by Crippen LogP contribution is -2.49. The molecule has 2 heterocycles. The molecule has 0 bridgehead atoms. The van der Waals surface area contributed by atoms with Crippen LogP contribution in [0.15, 0.2) is 18.2 Å². The molecule has 1 spiro atoms. The minimum absolute atomic E-state index is 0.0984. The number of fused-ring (bicyclic) bond motifs is 1. The monoisotopic (exact) mass is 389 g/mol. The second-order valence-corrected chi connectivity index (χ2v) is 9.96. The molecule has 1 saturated heterocycles. The highest BCUT2D eigenvalue weighted by Gasteiger charge is 2.40. The highest BCUT2D eigenvalue weighted by Crippen LogP contribution is 2.38. The number of methoxy groups -OCH3 is 1. The van der Waals surface area contributed by atoms with Crippen molar-refractivity contribution in [2.45, 2.75) is 45.3 Å². The van der Waals surface area contributed by atoms with Gasteiger partial charge in [-0.2, -0.15) is 0 Å². The van der Waals surface area contributed by atoms with Crippen LogP contribution in [0.25, 0.3) is 0 Å². The van der Waals surface area contributed by atoms with Crippen molar-refractivity contribution in [1.29, 1.82) is 0 Å². The third-order valence-electron chi connectivity index (χ3n) is 6.02. The molecule has 1 unspecified atom stereocenters. The van der Waals surface area contributed by atoms with Crippen molar-refractivity contribution in [3.8, 4) is 11.5 Å². The Kier molecular flexibility index (Phi) is 6.58. The van der Waals surface area contributed by atoms with E-state index in [2.05, 4.69) is 61.8 Å².